The molecule has 2 heteroatoms. The maximum Gasteiger partial charge on any atom is 0.0150 e. The molecule has 3 rings (SSSR count). The van der Waals surface area contributed by atoms with E-state index in [1.165, 1.54) is 27.1 Å². The second-order valence-corrected chi connectivity index (χ2v) is 6.03. The summed E-state index contributed by atoms with van der Waals surface area (Å²) in [6, 6.07) is 15.8. The Balaban J connectivity index is 0.000000774. The average molecular weight is 299 g/mol. The quantitative estimate of drug-likeness (QED) is 0.792. The van der Waals surface area contributed by atoms with Gasteiger partial charge < -0.3 is 5.32 Å². The third-order valence-corrected chi connectivity index (χ3v) is 4.61. The summed E-state index contributed by atoms with van der Waals surface area (Å²) in [7, 11) is 0. The van der Waals surface area contributed by atoms with Crippen LogP contribution in [0.3, 0.4) is 0 Å². The predicted octanol–water partition coefficient (Wildman–Crippen LogP) is 5.10. The molecule has 21 heavy (non-hydrogen) atoms. The first-order chi connectivity index (χ1) is 10.3. The first-order valence-electron chi connectivity index (χ1n) is 7.73. The normalized spacial score (nSPS) is 14.1. The van der Waals surface area contributed by atoms with E-state index < -0.39 is 0 Å². The third kappa shape index (κ3) is 3.69. The summed E-state index contributed by atoms with van der Waals surface area (Å²) in [6.07, 6.45) is 2.15. The summed E-state index contributed by atoms with van der Waals surface area (Å²) in [5.41, 5.74) is 5.45. The van der Waals surface area contributed by atoms with Gasteiger partial charge in [-0.15, -0.1) is 11.8 Å². The average Bonchev–Trinajstić information content (AvgIpc) is 2.48. The lowest BCUT2D eigenvalue weighted by molar-refractivity contribution is 0.448. The van der Waals surface area contributed by atoms with Crippen LogP contribution in [0.4, 0.5) is 0 Å². The SMILES string of the molecule is CC.CSc1cc(C)ccc1-c1ccc(C2CNC2)cc1. The molecule has 0 aromatic heterocycles. The number of thioether (sulfide) groups is 1. The molecule has 0 saturated carbocycles. The van der Waals surface area contributed by atoms with Gasteiger partial charge in [0, 0.05) is 23.9 Å². The number of hydrogen-bond donors (Lipinski definition) is 1. The van der Waals surface area contributed by atoms with Crippen LogP contribution >= 0.6 is 11.8 Å². The molecule has 2 aromatic rings. The fourth-order valence-electron chi connectivity index (χ4n) is 2.50. The van der Waals surface area contributed by atoms with Crippen LogP contribution in [0, 0.1) is 6.92 Å². The van der Waals surface area contributed by atoms with E-state index in [0.29, 0.717) is 5.92 Å². The fourth-order valence-corrected chi connectivity index (χ4v) is 3.21. The van der Waals surface area contributed by atoms with Gasteiger partial charge in [-0.3, -0.25) is 0 Å². The van der Waals surface area contributed by atoms with Gasteiger partial charge >= 0.3 is 0 Å². The van der Waals surface area contributed by atoms with Gasteiger partial charge in [-0.25, -0.2) is 0 Å². The van der Waals surface area contributed by atoms with E-state index in [2.05, 4.69) is 61.0 Å². The zero-order valence-electron chi connectivity index (χ0n) is 13.4. The lowest BCUT2D eigenvalue weighted by atomic mass is 9.92. The molecule has 0 aliphatic carbocycles. The second kappa shape index (κ2) is 7.67. The number of hydrogen-bond acceptors (Lipinski definition) is 2. The van der Waals surface area contributed by atoms with Gasteiger partial charge in [0.15, 0.2) is 0 Å². The zero-order chi connectivity index (χ0) is 15.2. The molecular weight excluding hydrogens is 274 g/mol. The molecule has 0 unspecified atom stereocenters. The van der Waals surface area contributed by atoms with E-state index in [4.69, 9.17) is 0 Å². The van der Waals surface area contributed by atoms with Gasteiger partial charge in [-0.05, 0) is 41.5 Å². The highest BCUT2D eigenvalue weighted by molar-refractivity contribution is 7.98. The van der Waals surface area contributed by atoms with Crippen molar-refractivity contribution in [3.8, 4) is 11.1 Å². The molecule has 0 radical (unpaired) electrons. The van der Waals surface area contributed by atoms with Gasteiger partial charge in [-0.2, -0.15) is 0 Å². The fraction of sp³-hybridized carbons (Fsp3) is 0.368. The molecule has 1 N–H and O–H groups in total. The Kier molecular flexibility index (Phi) is 5.89. The highest BCUT2D eigenvalue weighted by Gasteiger charge is 2.18. The molecule has 2 aromatic carbocycles. The van der Waals surface area contributed by atoms with Crippen LogP contribution in [0.2, 0.25) is 0 Å². The van der Waals surface area contributed by atoms with Crippen LogP contribution in [0.5, 0.6) is 0 Å². The topological polar surface area (TPSA) is 12.0 Å². The van der Waals surface area contributed by atoms with Gasteiger partial charge in [0.1, 0.15) is 0 Å². The van der Waals surface area contributed by atoms with E-state index in [0.717, 1.165) is 13.1 Å². The Morgan fingerprint density at radius 2 is 1.67 bits per heavy atom. The lowest BCUT2D eigenvalue weighted by Crippen LogP contribution is -2.39. The Hall–Kier alpha value is -1.25. The van der Waals surface area contributed by atoms with Crippen LogP contribution in [0.25, 0.3) is 11.1 Å². The highest BCUT2D eigenvalue weighted by atomic mass is 32.2. The summed E-state index contributed by atoms with van der Waals surface area (Å²) < 4.78 is 0. The first kappa shape index (κ1) is 16.1. The van der Waals surface area contributed by atoms with Crippen LogP contribution in [-0.2, 0) is 0 Å². The molecule has 1 saturated heterocycles. The van der Waals surface area contributed by atoms with Crippen LogP contribution < -0.4 is 5.32 Å². The van der Waals surface area contributed by atoms with E-state index >= 15 is 0 Å². The number of rotatable bonds is 3. The molecule has 0 atom stereocenters. The Morgan fingerprint density at radius 3 is 2.19 bits per heavy atom. The molecule has 0 spiro atoms. The van der Waals surface area contributed by atoms with Crippen molar-refractivity contribution >= 4 is 11.8 Å². The zero-order valence-corrected chi connectivity index (χ0v) is 14.3. The summed E-state index contributed by atoms with van der Waals surface area (Å²) in [5, 5.41) is 3.33. The van der Waals surface area contributed by atoms with E-state index in [9.17, 15) is 0 Å². The smallest absolute Gasteiger partial charge is 0.0150 e. The molecule has 1 fully saturated rings. The minimum atomic E-state index is 0.715. The van der Waals surface area contributed by atoms with Crippen LogP contribution in [-0.4, -0.2) is 19.3 Å². The summed E-state index contributed by atoms with van der Waals surface area (Å²) >= 11 is 1.82. The van der Waals surface area contributed by atoms with Gasteiger partial charge in [0.25, 0.3) is 0 Å². The van der Waals surface area contributed by atoms with Crippen molar-refractivity contribution in [1.82, 2.24) is 5.32 Å². The molecule has 112 valence electrons. The standard InChI is InChI=1S/C17H19NS.C2H6/c1-12-3-8-16(17(9-12)19-2)14-6-4-13(5-7-14)15-10-18-11-15;1-2/h3-9,15,18H,10-11H2,1-2H3;1-2H3. The summed E-state index contributed by atoms with van der Waals surface area (Å²) in [4.78, 5) is 1.36. The largest absolute Gasteiger partial charge is 0.315 e. The van der Waals surface area contributed by atoms with Crippen LogP contribution in [0.1, 0.15) is 30.9 Å². The summed E-state index contributed by atoms with van der Waals surface area (Å²) in [6.45, 7) is 8.40. The van der Waals surface area contributed by atoms with E-state index in [-0.39, 0.29) is 0 Å². The molecule has 1 aliphatic rings. The van der Waals surface area contributed by atoms with E-state index in [1.54, 1.807) is 0 Å². The summed E-state index contributed by atoms with van der Waals surface area (Å²) in [5.74, 6) is 0.715. The molecule has 1 aliphatic heterocycles. The van der Waals surface area contributed by atoms with Crippen molar-refractivity contribution in [1.29, 1.82) is 0 Å². The van der Waals surface area contributed by atoms with Crippen LogP contribution in [0.15, 0.2) is 47.4 Å². The molecular formula is C19H25NS. The third-order valence-electron chi connectivity index (χ3n) is 3.83. The molecule has 0 amide bonds. The molecule has 1 heterocycles. The number of aryl methyl sites for hydroxylation is 1. The van der Waals surface area contributed by atoms with Gasteiger partial charge in [0.2, 0.25) is 0 Å². The minimum Gasteiger partial charge on any atom is -0.315 e. The second-order valence-electron chi connectivity index (χ2n) is 5.18. The minimum absolute atomic E-state index is 0.715. The van der Waals surface area contributed by atoms with Crippen molar-refractivity contribution in [2.24, 2.45) is 0 Å². The Labute approximate surface area is 133 Å². The Bertz CT molecular complexity index is 571. The number of nitrogens with one attached hydrogen (secondary N) is 1. The van der Waals surface area contributed by atoms with E-state index in [1.807, 2.05) is 25.6 Å². The maximum absolute atomic E-state index is 3.33. The monoisotopic (exact) mass is 299 g/mol. The molecule has 1 nitrogen and oxygen atoms in total. The van der Waals surface area contributed by atoms with Crippen molar-refractivity contribution in [2.45, 2.75) is 31.6 Å². The molecule has 0 bridgehead atoms. The van der Waals surface area contributed by atoms with Crippen molar-refractivity contribution in [3.63, 3.8) is 0 Å². The predicted molar refractivity (Wildman–Crippen MR) is 95.4 cm³/mol. The first-order valence-corrected chi connectivity index (χ1v) is 8.96. The lowest BCUT2D eigenvalue weighted by Gasteiger charge is -2.27. The maximum atomic E-state index is 3.33. The van der Waals surface area contributed by atoms with Crippen molar-refractivity contribution in [2.75, 3.05) is 19.3 Å². The Morgan fingerprint density at radius 1 is 1.00 bits per heavy atom. The highest BCUT2D eigenvalue weighted by Crippen LogP contribution is 2.32. The van der Waals surface area contributed by atoms with Gasteiger partial charge in [0.05, 0.1) is 0 Å². The van der Waals surface area contributed by atoms with Crippen molar-refractivity contribution < 1.29 is 0 Å². The number of benzene rings is 2. The van der Waals surface area contributed by atoms with Crippen molar-refractivity contribution in [3.05, 3.63) is 53.6 Å². The van der Waals surface area contributed by atoms with Gasteiger partial charge in [-0.1, -0.05) is 50.2 Å².